The largest absolute Gasteiger partial charge is 0.508 e. The first-order valence-corrected chi connectivity index (χ1v) is 12.2. The van der Waals surface area contributed by atoms with Crippen LogP contribution >= 0.6 is 11.8 Å². The quantitative estimate of drug-likeness (QED) is 0.551. The van der Waals surface area contributed by atoms with Crippen LogP contribution in [0, 0.1) is 5.82 Å². The summed E-state index contributed by atoms with van der Waals surface area (Å²) in [6.45, 7) is 6.07. The van der Waals surface area contributed by atoms with Gasteiger partial charge in [-0.25, -0.2) is 14.2 Å². The van der Waals surface area contributed by atoms with Crippen LogP contribution in [0.15, 0.2) is 52.8 Å². The SMILES string of the molecule is CC.COC(=O)C1=C(CN2CCSCC2)NC(c2ncccc2F)=NC1c1ccc(O)cc1O. The second-order valence-corrected chi connectivity index (χ2v) is 8.58. The molecule has 1 fully saturated rings. The van der Waals surface area contributed by atoms with Crippen LogP contribution in [0.2, 0.25) is 0 Å². The van der Waals surface area contributed by atoms with Crippen molar-refractivity contribution in [1.82, 2.24) is 15.2 Å². The van der Waals surface area contributed by atoms with Gasteiger partial charge in [0.1, 0.15) is 23.2 Å². The Kier molecular flexibility index (Phi) is 8.89. The van der Waals surface area contributed by atoms with Gasteiger partial charge in [-0.05, 0) is 24.3 Å². The molecule has 1 unspecified atom stereocenters. The molecular formula is C24H29FN4O4S. The Labute approximate surface area is 202 Å². The molecule has 2 aromatic rings. The summed E-state index contributed by atoms with van der Waals surface area (Å²) in [5.74, 6) is 0.543. The summed E-state index contributed by atoms with van der Waals surface area (Å²) in [7, 11) is 1.27. The van der Waals surface area contributed by atoms with Crippen molar-refractivity contribution in [2.75, 3.05) is 38.2 Å². The number of carbonyl (C=O) groups is 1. The van der Waals surface area contributed by atoms with E-state index in [-0.39, 0.29) is 34.2 Å². The molecule has 2 aliphatic heterocycles. The van der Waals surface area contributed by atoms with Crippen LogP contribution in [-0.2, 0) is 9.53 Å². The summed E-state index contributed by atoms with van der Waals surface area (Å²) in [4.78, 5) is 23.7. The first-order valence-electron chi connectivity index (χ1n) is 11.1. The number of aromatic hydroxyl groups is 2. The van der Waals surface area contributed by atoms with Crippen LogP contribution in [-0.4, -0.2) is 70.2 Å². The van der Waals surface area contributed by atoms with E-state index in [0.29, 0.717) is 12.2 Å². The van der Waals surface area contributed by atoms with E-state index < -0.39 is 17.8 Å². The third kappa shape index (κ3) is 5.68. The van der Waals surface area contributed by atoms with Crippen molar-refractivity contribution in [3.63, 3.8) is 0 Å². The Hall–Kier alpha value is -3.11. The fraction of sp³-hybridized carbons (Fsp3) is 0.375. The molecule has 1 aromatic carbocycles. The first-order chi connectivity index (χ1) is 16.5. The van der Waals surface area contributed by atoms with Gasteiger partial charge in [-0.1, -0.05) is 13.8 Å². The van der Waals surface area contributed by atoms with Crippen LogP contribution in [0.25, 0.3) is 0 Å². The third-order valence-corrected chi connectivity index (χ3v) is 6.25. The highest BCUT2D eigenvalue weighted by Gasteiger charge is 2.35. The molecule has 2 aliphatic rings. The molecule has 0 aliphatic carbocycles. The predicted octanol–water partition coefficient (Wildman–Crippen LogP) is 3.23. The van der Waals surface area contributed by atoms with Gasteiger partial charge in [0.2, 0.25) is 0 Å². The third-order valence-electron chi connectivity index (χ3n) is 5.31. The van der Waals surface area contributed by atoms with E-state index in [1.54, 1.807) is 0 Å². The van der Waals surface area contributed by atoms with E-state index in [1.807, 2.05) is 25.6 Å². The Balaban J connectivity index is 0.00000158. The lowest BCUT2D eigenvalue weighted by molar-refractivity contribution is -0.136. The van der Waals surface area contributed by atoms with Crippen molar-refractivity contribution >= 4 is 23.6 Å². The number of amidine groups is 1. The minimum absolute atomic E-state index is 0.00591. The maximum absolute atomic E-state index is 14.6. The molecule has 182 valence electrons. The molecular weight excluding hydrogens is 459 g/mol. The van der Waals surface area contributed by atoms with Crippen molar-refractivity contribution in [2.24, 2.45) is 4.99 Å². The van der Waals surface area contributed by atoms with Gasteiger partial charge in [0, 0.05) is 54.7 Å². The highest BCUT2D eigenvalue weighted by atomic mass is 32.2. The minimum Gasteiger partial charge on any atom is -0.508 e. The van der Waals surface area contributed by atoms with Crippen molar-refractivity contribution < 1.29 is 24.1 Å². The molecule has 0 saturated carbocycles. The van der Waals surface area contributed by atoms with Crippen LogP contribution < -0.4 is 5.32 Å². The summed E-state index contributed by atoms with van der Waals surface area (Å²) < 4.78 is 19.6. The van der Waals surface area contributed by atoms with Gasteiger partial charge >= 0.3 is 5.97 Å². The number of esters is 1. The number of ether oxygens (including phenoxy) is 1. The van der Waals surface area contributed by atoms with Crippen molar-refractivity contribution in [1.29, 1.82) is 0 Å². The van der Waals surface area contributed by atoms with Gasteiger partial charge < -0.3 is 20.3 Å². The van der Waals surface area contributed by atoms with Crippen LogP contribution in [0.1, 0.15) is 31.1 Å². The van der Waals surface area contributed by atoms with E-state index in [2.05, 4.69) is 20.2 Å². The second-order valence-electron chi connectivity index (χ2n) is 7.35. The lowest BCUT2D eigenvalue weighted by Gasteiger charge is -2.32. The molecule has 1 saturated heterocycles. The summed E-state index contributed by atoms with van der Waals surface area (Å²) in [6, 6.07) is 5.83. The van der Waals surface area contributed by atoms with E-state index in [1.165, 1.54) is 43.6 Å². The Morgan fingerprint density at radius 1 is 1.26 bits per heavy atom. The summed E-state index contributed by atoms with van der Waals surface area (Å²) in [5.41, 5.74) is 1.01. The number of benzene rings is 1. The molecule has 1 atom stereocenters. The number of halogens is 1. The number of nitrogens with one attached hydrogen (secondary N) is 1. The average Bonchev–Trinajstić information content (AvgIpc) is 2.85. The second kappa shape index (κ2) is 11.8. The van der Waals surface area contributed by atoms with Gasteiger partial charge in [0.05, 0.1) is 12.7 Å². The summed E-state index contributed by atoms with van der Waals surface area (Å²) in [6.07, 6.45) is 1.46. The molecule has 0 bridgehead atoms. The number of hydrogen-bond donors (Lipinski definition) is 3. The molecule has 3 heterocycles. The van der Waals surface area contributed by atoms with Gasteiger partial charge in [0.15, 0.2) is 11.7 Å². The Bertz CT molecular complexity index is 1090. The fourth-order valence-electron chi connectivity index (χ4n) is 3.72. The zero-order valence-corrected chi connectivity index (χ0v) is 20.2. The molecule has 34 heavy (non-hydrogen) atoms. The van der Waals surface area contributed by atoms with E-state index in [9.17, 15) is 19.4 Å². The van der Waals surface area contributed by atoms with E-state index in [0.717, 1.165) is 24.6 Å². The number of rotatable bonds is 5. The molecule has 0 radical (unpaired) electrons. The van der Waals surface area contributed by atoms with E-state index in [4.69, 9.17) is 4.74 Å². The number of aliphatic imine (C=N–C) groups is 1. The number of pyridine rings is 1. The standard InChI is InChI=1S/C22H23FN4O4S.C2H6/c1-31-22(30)18-16(12-27-7-9-32-10-8-27)25-21(20-15(23)3-2-6-24-20)26-19(18)14-5-4-13(28)11-17(14)29;1-2/h2-6,11,19,28-29H,7-10,12H2,1H3,(H,25,26);1-2H3. The normalized spacial score (nSPS) is 18.4. The summed E-state index contributed by atoms with van der Waals surface area (Å²) >= 11 is 1.86. The number of hydrogen-bond acceptors (Lipinski definition) is 9. The fourth-order valence-corrected chi connectivity index (χ4v) is 4.70. The van der Waals surface area contributed by atoms with Crippen molar-refractivity contribution in [3.8, 4) is 11.5 Å². The zero-order valence-electron chi connectivity index (χ0n) is 19.4. The minimum atomic E-state index is -0.977. The maximum atomic E-state index is 14.6. The average molecular weight is 489 g/mol. The number of nitrogens with zero attached hydrogens (tertiary/aromatic N) is 3. The monoisotopic (exact) mass is 488 g/mol. The molecule has 10 heteroatoms. The van der Waals surface area contributed by atoms with Crippen LogP contribution in [0.3, 0.4) is 0 Å². The Morgan fingerprint density at radius 3 is 2.65 bits per heavy atom. The van der Waals surface area contributed by atoms with Gasteiger partial charge in [-0.3, -0.25) is 9.89 Å². The predicted molar refractivity (Wildman–Crippen MR) is 131 cm³/mol. The highest BCUT2D eigenvalue weighted by molar-refractivity contribution is 7.99. The van der Waals surface area contributed by atoms with Gasteiger partial charge in [-0.15, -0.1) is 0 Å². The zero-order chi connectivity index (χ0) is 24.7. The number of phenolic OH excluding ortho intramolecular Hbond substituents is 2. The molecule has 1 aromatic heterocycles. The van der Waals surface area contributed by atoms with Crippen molar-refractivity contribution in [2.45, 2.75) is 19.9 Å². The number of methoxy groups -OCH3 is 1. The smallest absolute Gasteiger partial charge is 0.338 e. The topological polar surface area (TPSA) is 107 Å². The van der Waals surface area contributed by atoms with E-state index >= 15 is 0 Å². The summed E-state index contributed by atoms with van der Waals surface area (Å²) in [5, 5.41) is 23.3. The number of thioether (sulfide) groups is 1. The number of aromatic nitrogens is 1. The van der Waals surface area contributed by atoms with Crippen LogP contribution in [0.5, 0.6) is 11.5 Å². The van der Waals surface area contributed by atoms with Gasteiger partial charge in [-0.2, -0.15) is 11.8 Å². The molecule has 4 rings (SSSR count). The van der Waals surface area contributed by atoms with Gasteiger partial charge in [0.25, 0.3) is 0 Å². The van der Waals surface area contributed by atoms with Crippen LogP contribution in [0.4, 0.5) is 4.39 Å². The molecule has 3 N–H and O–H groups in total. The highest BCUT2D eigenvalue weighted by Crippen LogP contribution is 2.38. The first kappa shape index (κ1) is 25.5. The Morgan fingerprint density at radius 2 is 2.00 bits per heavy atom. The molecule has 0 spiro atoms. The molecule has 8 nitrogen and oxygen atoms in total. The lowest BCUT2D eigenvalue weighted by atomic mass is 9.94. The maximum Gasteiger partial charge on any atom is 0.338 e. The lowest BCUT2D eigenvalue weighted by Crippen LogP contribution is -2.42. The van der Waals surface area contributed by atoms with Crippen molar-refractivity contribution in [3.05, 3.63) is 64.9 Å². The molecule has 0 amide bonds. The number of phenols is 2. The number of carbonyl (C=O) groups excluding carboxylic acids is 1.